The summed E-state index contributed by atoms with van der Waals surface area (Å²) >= 11 is 5.71. The van der Waals surface area contributed by atoms with E-state index in [1.807, 2.05) is 0 Å². The number of phenols is 1. The summed E-state index contributed by atoms with van der Waals surface area (Å²) in [6.07, 6.45) is -4.55. The van der Waals surface area contributed by atoms with Crippen molar-refractivity contribution in [3.63, 3.8) is 0 Å². The summed E-state index contributed by atoms with van der Waals surface area (Å²) in [5, 5.41) is 13.9. The van der Waals surface area contributed by atoms with Gasteiger partial charge in [0.2, 0.25) is 0 Å². The molecule has 0 radical (unpaired) electrons. The molecule has 0 fully saturated rings. The molecule has 0 atom stereocenters. The van der Waals surface area contributed by atoms with Crippen LogP contribution in [0.3, 0.4) is 0 Å². The lowest BCUT2D eigenvalue weighted by Crippen LogP contribution is -2.19. The standard InChI is InChI=1S/C16H12ClF3N2O2/c1-9(13-8-11(16(18,19)20)4-7-14(13)23)21-22-15(24)10-2-5-12(17)6-3-10/h2-8,23H,1H3,(H,22,24)/b21-9+. The summed E-state index contributed by atoms with van der Waals surface area (Å²) in [4.78, 5) is 11.9. The molecule has 24 heavy (non-hydrogen) atoms. The third kappa shape index (κ3) is 4.26. The molecule has 0 aliphatic rings. The SMILES string of the molecule is C/C(=N\NC(=O)c1ccc(Cl)cc1)c1cc(C(F)(F)F)ccc1O. The number of rotatable bonds is 3. The van der Waals surface area contributed by atoms with E-state index in [-0.39, 0.29) is 22.6 Å². The minimum atomic E-state index is -4.55. The number of hydrazone groups is 1. The normalized spacial score (nSPS) is 12.1. The van der Waals surface area contributed by atoms with E-state index >= 15 is 0 Å². The highest BCUT2D eigenvalue weighted by Crippen LogP contribution is 2.32. The van der Waals surface area contributed by atoms with Crippen LogP contribution in [0, 0.1) is 0 Å². The lowest BCUT2D eigenvalue weighted by atomic mass is 10.1. The van der Waals surface area contributed by atoms with Gasteiger partial charge in [-0.05, 0) is 49.4 Å². The van der Waals surface area contributed by atoms with Gasteiger partial charge in [0.15, 0.2) is 0 Å². The average molecular weight is 357 g/mol. The van der Waals surface area contributed by atoms with Crippen molar-refractivity contribution in [2.75, 3.05) is 0 Å². The van der Waals surface area contributed by atoms with E-state index in [0.717, 1.165) is 18.2 Å². The maximum Gasteiger partial charge on any atom is 0.416 e. The maximum absolute atomic E-state index is 12.7. The molecule has 0 aliphatic carbocycles. The van der Waals surface area contributed by atoms with Gasteiger partial charge in [0.25, 0.3) is 5.91 Å². The summed E-state index contributed by atoms with van der Waals surface area (Å²) in [5.74, 6) is -0.928. The second-order valence-electron chi connectivity index (χ2n) is 4.87. The predicted octanol–water partition coefficient (Wildman–Crippen LogP) is 4.22. The average Bonchev–Trinajstić information content (AvgIpc) is 2.52. The Morgan fingerprint density at radius 1 is 1.17 bits per heavy atom. The van der Waals surface area contributed by atoms with Crippen molar-refractivity contribution in [1.29, 1.82) is 0 Å². The second-order valence-corrected chi connectivity index (χ2v) is 5.31. The smallest absolute Gasteiger partial charge is 0.416 e. The molecule has 4 nitrogen and oxygen atoms in total. The van der Waals surface area contributed by atoms with Gasteiger partial charge in [-0.25, -0.2) is 5.43 Å². The van der Waals surface area contributed by atoms with E-state index in [4.69, 9.17) is 11.6 Å². The van der Waals surface area contributed by atoms with E-state index < -0.39 is 17.6 Å². The highest BCUT2D eigenvalue weighted by atomic mass is 35.5. The van der Waals surface area contributed by atoms with E-state index in [9.17, 15) is 23.1 Å². The Kier molecular flexibility index (Phi) is 5.14. The molecule has 1 amide bonds. The number of carbonyl (C=O) groups is 1. The summed E-state index contributed by atoms with van der Waals surface area (Å²) < 4.78 is 38.2. The van der Waals surface area contributed by atoms with Gasteiger partial charge in [-0.1, -0.05) is 11.6 Å². The number of aromatic hydroxyl groups is 1. The van der Waals surface area contributed by atoms with Crippen LogP contribution in [0.5, 0.6) is 5.75 Å². The van der Waals surface area contributed by atoms with Gasteiger partial charge in [-0.2, -0.15) is 18.3 Å². The van der Waals surface area contributed by atoms with Gasteiger partial charge < -0.3 is 5.11 Å². The van der Waals surface area contributed by atoms with Crippen LogP contribution in [0.25, 0.3) is 0 Å². The first-order chi connectivity index (χ1) is 11.2. The lowest BCUT2D eigenvalue weighted by molar-refractivity contribution is -0.137. The number of phenolic OH excluding ortho intramolecular Hbond substituents is 1. The van der Waals surface area contributed by atoms with E-state index in [1.165, 1.54) is 31.2 Å². The third-order valence-corrected chi connectivity index (χ3v) is 3.40. The Bertz CT molecular complexity index is 787. The van der Waals surface area contributed by atoms with Gasteiger partial charge in [-0.3, -0.25) is 4.79 Å². The molecule has 0 heterocycles. The first kappa shape index (κ1) is 17.8. The van der Waals surface area contributed by atoms with Crippen LogP contribution in [0.15, 0.2) is 47.6 Å². The molecule has 0 saturated carbocycles. The van der Waals surface area contributed by atoms with Crippen LogP contribution in [0.2, 0.25) is 5.02 Å². The number of hydrogen-bond donors (Lipinski definition) is 2. The van der Waals surface area contributed by atoms with Crippen LogP contribution in [-0.4, -0.2) is 16.7 Å². The zero-order chi connectivity index (χ0) is 17.9. The van der Waals surface area contributed by atoms with Crippen LogP contribution in [-0.2, 0) is 6.18 Å². The summed E-state index contributed by atoms with van der Waals surface area (Å²) in [6, 6.07) is 8.45. The molecule has 0 spiro atoms. The van der Waals surface area contributed by atoms with Crippen molar-refractivity contribution in [2.45, 2.75) is 13.1 Å². The highest BCUT2D eigenvalue weighted by molar-refractivity contribution is 6.30. The Labute approximate surface area is 140 Å². The number of benzene rings is 2. The van der Waals surface area contributed by atoms with E-state index in [0.29, 0.717) is 5.02 Å². The molecule has 2 N–H and O–H groups in total. The molecule has 0 unspecified atom stereocenters. The summed E-state index contributed by atoms with van der Waals surface area (Å²) in [7, 11) is 0. The molecule has 0 aliphatic heterocycles. The van der Waals surface area contributed by atoms with Crippen molar-refractivity contribution < 1.29 is 23.1 Å². The van der Waals surface area contributed by atoms with Crippen molar-refractivity contribution in [3.05, 3.63) is 64.2 Å². The number of nitrogens with one attached hydrogen (secondary N) is 1. The fourth-order valence-electron chi connectivity index (χ4n) is 1.86. The van der Waals surface area contributed by atoms with Crippen molar-refractivity contribution in [3.8, 4) is 5.75 Å². The fraction of sp³-hybridized carbons (Fsp3) is 0.125. The van der Waals surface area contributed by atoms with Crippen LogP contribution in [0.4, 0.5) is 13.2 Å². The Balaban J connectivity index is 2.21. The second kappa shape index (κ2) is 6.92. The van der Waals surface area contributed by atoms with Crippen molar-refractivity contribution in [1.82, 2.24) is 5.43 Å². The number of nitrogens with zero attached hydrogens (tertiary/aromatic N) is 1. The number of halogens is 4. The number of alkyl halides is 3. The molecule has 2 aromatic rings. The Hall–Kier alpha value is -2.54. The first-order valence-corrected chi connectivity index (χ1v) is 7.07. The van der Waals surface area contributed by atoms with Gasteiger partial charge >= 0.3 is 6.18 Å². The molecule has 2 aromatic carbocycles. The van der Waals surface area contributed by atoms with Gasteiger partial charge in [-0.15, -0.1) is 0 Å². The largest absolute Gasteiger partial charge is 0.507 e. The maximum atomic E-state index is 12.7. The van der Waals surface area contributed by atoms with Crippen molar-refractivity contribution >= 4 is 23.2 Å². The minimum Gasteiger partial charge on any atom is -0.507 e. The van der Waals surface area contributed by atoms with E-state index in [1.54, 1.807) is 0 Å². The zero-order valence-electron chi connectivity index (χ0n) is 12.4. The predicted molar refractivity (Wildman–Crippen MR) is 84.2 cm³/mol. The van der Waals surface area contributed by atoms with Gasteiger partial charge in [0.05, 0.1) is 11.3 Å². The van der Waals surface area contributed by atoms with Crippen LogP contribution >= 0.6 is 11.6 Å². The van der Waals surface area contributed by atoms with Crippen LogP contribution in [0.1, 0.15) is 28.4 Å². The molecule has 126 valence electrons. The monoisotopic (exact) mass is 356 g/mol. The fourth-order valence-corrected chi connectivity index (χ4v) is 1.99. The van der Waals surface area contributed by atoms with Crippen LogP contribution < -0.4 is 5.43 Å². The molecule has 0 bridgehead atoms. The van der Waals surface area contributed by atoms with Crippen molar-refractivity contribution in [2.24, 2.45) is 5.10 Å². The Morgan fingerprint density at radius 2 is 1.79 bits per heavy atom. The topological polar surface area (TPSA) is 61.7 Å². The summed E-state index contributed by atoms with van der Waals surface area (Å²) in [6.45, 7) is 1.37. The van der Waals surface area contributed by atoms with E-state index in [2.05, 4.69) is 10.5 Å². The third-order valence-electron chi connectivity index (χ3n) is 3.15. The first-order valence-electron chi connectivity index (χ1n) is 6.69. The number of hydrogen-bond acceptors (Lipinski definition) is 3. The molecule has 2 rings (SSSR count). The van der Waals surface area contributed by atoms with Gasteiger partial charge in [0.1, 0.15) is 5.75 Å². The zero-order valence-corrected chi connectivity index (χ0v) is 13.1. The van der Waals surface area contributed by atoms with Gasteiger partial charge in [0, 0.05) is 16.1 Å². The lowest BCUT2D eigenvalue weighted by Gasteiger charge is -2.10. The molecular formula is C16H12ClF3N2O2. The summed E-state index contributed by atoms with van der Waals surface area (Å²) in [5.41, 5.74) is 1.48. The Morgan fingerprint density at radius 3 is 2.38 bits per heavy atom. The molecule has 0 aromatic heterocycles. The molecule has 8 heteroatoms. The number of carbonyl (C=O) groups excluding carboxylic acids is 1. The minimum absolute atomic E-state index is 0.0286. The molecule has 0 saturated heterocycles. The highest BCUT2D eigenvalue weighted by Gasteiger charge is 2.31. The molecular weight excluding hydrogens is 345 g/mol. The number of amides is 1. The quantitative estimate of drug-likeness (QED) is 0.639.